The molecule has 0 aliphatic rings. The monoisotopic (exact) mass is 281 g/mol. The van der Waals surface area contributed by atoms with Gasteiger partial charge in [0.05, 0.1) is 12.5 Å². The Morgan fingerprint density at radius 1 is 1.19 bits per heavy atom. The van der Waals surface area contributed by atoms with Gasteiger partial charge < -0.3 is 11.1 Å². The normalized spacial score (nSPS) is 11.0. The average molecular weight is 281 g/mol. The van der Waals surface area contributed by atoms with Crippen LogP contribution in [0.3, 0.4) is 0 Å². The highest BCUT2D eigenvalue weighted by molar-refractivity contribution is 5.59. The molecule has 0 fully saturated rings. The molecular formula is C16H19N5. The molecule has 108 valence electrons. The van der Waals surface area contributed by atoms with Crippen molar-refractivity contribution < 1.29 is 0 Å². The molecule has 5 heteroatoms. The van der Waals surface area contributed by atoms with Crippen molar-refractivity contribution in [1.82, 2.24) is 9.97 Å². The van der Waals surface area contributed by atoms with Crippen LogP contribution < -0.4 is 11.1 Å². The first-order valence-electron chi connectivity index (χ1n) is 6.76. The number of nitriles is 1. The first-order valence-corrected chi connectivity index (χ1v) is 6.76. The number of nitrogens with one attached hydrogen (secondary N) is 1. The lowest BCUT2D eigenvalue weighted by Crippen LogP contribution is -2.17. The summed E-state index contributed by atoms with van der Waals surface area (Å²) in [6, 6.07) is 11.5. The Balaban J connectivity index is 2.23. The summed E-state index contributed by atoms with van der Waals surface area (Å²) in [6.07, 6.45) is 0.412. The maximum Gasteiger partial charge on any atom is 0.138 e. The molecule has 3 N–H and O–H groups in total. The van der Waals surface area contributed by atoms with Gasteiger partial charge in [-0.25, -0.2) is 9.97 Å². The van der Waals surface area contributed by atoms with Crippen molar-refractivity contribution >= 4 is 17.3 Å². The van der Waals surface area contributed by atoms with Crippen LogP contribution in [0.25, 0.3) is 0 Å². The van der Waals surface area contributed by atoms with Gasteiger partial charge in [-0.3, -0.25) is 0 Å². The molecule has 0 atom stereocenters. The Kier molecular flexibility index (Phi) is 4.08. The van der Waals surface area contributed by atoms with E-state index in [0.717, 1.165) is 11.3 Å². The lowest BCUT2D eigenvalue weighted by atomic mass is 9.96. The molecule has 1 aromatic carbocycles. The lowest BCUT2D eigenvalue weighted by Gasteiger charge is -2.18. The van der Waals surface area contributed by atoms with Crippen LogP contribution in [0, 0.1) is 11.3 Å². The van der Waals surface area contributed by atoms with Crippen LogP contribution in [0.4, 0.5) is 17.3 Å². The first kappa shape index (κ1) is 14.8. The zero-order chi connectivity index (χ0) is 15.5. The standard InChI is InChI=1S/C16H19N5/c1-16(2,3)15-20-13(18)10-14(21-15)19-12-6-4-11(5-7-12)8-9-17/h4-7,10H,8H2,1-3H3,(H3,18,19,20,21). The van der Waals surface area contributed by atoms with Crippen molar-refractivity contribution in [2.24, 2.45) is 0 Å². The lowest BCUT2D eigenvalue weighted by molar-refractivity contribution is 0.547. The molecule has 2 rings (SSSR count). The molecule has 0 spiro atoms. The van der Waals surface area contributed by atoms with Gasteiger partial charge in [-0.1, -0.05) is 32.9 Å². The van der Waals surface area contributed by atoms with E-state index in [1.807, 2.05) is 45.0 Å². The molecule has 0 bridgehead atoms. The molecule has 21 heavy (non-hydrogen) atoms. The minimum Gasteiger partial charge on any atom is -0.384 e. The van der Waals surface area contributed by atoms with Gasteiger partial charge in [0.1, 0.15) is 17.5 Å². The zero-order valence-corrected chi connectivity index (χ0v) is 12.5. The Morgan fingerprint density at radius 2 is 1.86 bits per heavy atom. The number of rotatable bonds is 3. The second-order valence-electron chi connectivity index (χ2n) is 5.91. The molecule has 0 saturated carbocycles. The number of hydrogen-bond donors (Lipinski definition) is 2. The van der Waals surface area contributed by atoms with E-state index >= 15 is 0 Å². The highest BCUT2D eigenvalue weighted by Gasteiger charge is 2.18. The summed E-state index contributed by atoms with van der Waals surface area (Å²) in [6.45, 7) is 6.13. The van der Waals surface area contributed by atoms with E-state index in [2.05, 4.69) is 21.4 Å². The van der Waals surface area contributed by atoms with Crippen molar-refractivity contribution in [1.29, 1.82) is 5.26 Å². The van der Waals surface area contributed by atoms with E-state index < -0.39 is 0 Å². The molecule has 0 unspecified atom stereocenters. The predicted octanol–water partition coefficient (Wildman–Crippen LogP) is 3.17. The molecule has 2 aromatic rings. The van der Waals surface area contributed by atoms with Crippen LogP contribution in [0.2, 0.25) is 0 Å². The van der Waals surface area contributed by atoms with E-state index in [9.17, 15) is 0 Å². The summed E-state index contributed by atoms with van der Waals surface area (Å²) in [5.74, 6) is 1.81. The van der Waals surface area contributed by atoms with E-state index in [1.54, 1.807) is 6.07 Å². The largest absolute Gasteiger partial charge is 0.384 e. The topological polar surface area (TPSA) is 87.6 Å². The van der Waals surface area contributed by atoms with Crippen LogP contribution in [0.1, 0.15) is 32.2 Å². The maximum atomic E-state index is 8.67. The Bertz CT molecular complexity index is 663. The van der Waals surface area contributed by atoms with Crippen LogP contribution in [0.5, 0.6) is 0 Å². The van der Waals surface area contributed by atoms with E-state index in [-0.39, 0.29) is 5.41 Å². The molecule has 0 amide bonds. The van der Waals surface area contributed by atoms with Gasteiger partial charge in [0, 0.05) is 17.2 Å². The summed E-state index contributed by atoms with van der Waals surface area (Å²) < 4.78 is 0. The number of nitrogens with zero attached hydrogens (tertiary/aromatic N) is 3. The molecule has 0 radical (unpaired) electrons. The third-order valence-corrected chi connectivity index (χ3v) is 2.93. The molecule has 1 aromatic heterocycles. The predicted molar refractivity (Wildman–Crippen MR) is 84.2 cm³/mol. The smallest absolute Gasteiger partial charge is 0.138 e. The van der Waals surface area contributed by atoms with E-state index in [1.165, 1.54) is 0 Å². The number of hydrogen-bond acceptors (Lipinski definition) is 5. The maximum absolute atomic E-state index is 8.67. The fourth-order valence-corrected chi connectivity index (χ4v) is 1.81. The summed E-state index contributed by atoms with van der Waals surface area (Å²) in [4.78, 5) is 8.78. The van der Waals surface area contributed by atoms with Gasteiger partial charge in [-0.05, 0) is 17.7 Å². The second-order valence-corrected chi connectivity index (χ2v) is 5.91. The fourth-order valence-electron chi connectivity index (χ4n) is 1.81. The van der Waals surface area contributed by atoms with Gasteiger partial charge in [0.15, 0.2) is 0 Å². The van der Waals surface area contributed by atoms with Crippen LogP contribution in [0.15, 0.2) is 30.3 Å². The summed E-state index contributed by atoms with van der Waals surface area (Å²) >= 11 is 0. The highest BCUT2D eigenvalue weighted by atomic mass is 15.1. The molecular weight excluding hydrogens is 262 g/mol. The number of aromatic nitrogens is 2. The third kappa shape index (κ3) is 3.93. The van der Waals surface area contributed by atoms with Crippen LogP contribution >= 0.6 is 0 Å². The Morgan fingerprint density at radius 3 is 2.43 bits per heavy atom. The highest BCUT2D eigenvalue weighted by Crippen LogP contribution is 2.23. The minimum absolute atomic E-state index is 0.164. The van der Waals surface area contributed by atoms with Crippen LogP contribution in [-0.4, -0.2) is 9.97 Å². The van der Waals surface area contributed by atoms with Gasteiger partial charge in [0.25, 0.3) is 0 Å². The summed E-state index contributed by atoms with van der Waals surface area (Å²) in [7, 11) is 0. The molecule has 0 saturated heterocycles. The summed E-state index contributed by atoms with van der Waals surface area (Å²) in [5.41, 5.74) is 7.57. The average Bonchev–Trinajstić information content (AvgIpc) is 2.40. The molecule has 0 aliphatic heterocycles. The molecule has 0 aliphatic carbocycles. The number of nitrogens with two attached hydrogens (primary N) is 1. The van der Waals surface area contributed by atoms with Crippen molar-refractivity contribution in [2.75, 3.05) is 11.1 Å². The minimum atomic E-state index is -0.164. The number of anilines is 3. The Hall–Kier alpha value is -2.61. The van der Waals surface area contributed by atoms with E-state index in [0.29, 0.717) is 23.9 Å². The van der Waals surface area contributed by atoms with Crippen LogP contribution in [-0.2, 0) is 11.8 Å². The van der Waals surface area contributed by atoms with Gasteiger partial charge in [-0.15, -0.1) is 0 Å². The van der Waals surface area contributed by atoms with Gasteiger partial charge in [0.2, 0.25) is 0 Å². The number of nitrogen functional groups attached to an aromatic ring is 1. The SMILES string of the molecule is CC(C)(C)c1nc(N)cc(Nc2ccc(CC#N)cc2)n1. The fraction of sp³-hybridized carbons (Fsp3) is 0.312. The number of benzene rings is 1. The van der Waals surface area contributed by atoms with Gasteiger partial charge in [-0.2, -0.15) is 5.26 Å². The van der Waals surface area contributed by atoms with Crippen molar-refractivity contribution in [3.63, 3.8) is 0 Å². The second kappa shape index (κ2) is 5.80. The first-order chi connectivity index (χ1) is 9.88. The molecule has 1 heterocycles. The van der Waals surface area contributed by atoms with Crippen molar-refractivity contribution in [3.05, 3.63) is 41.7 Å². The van der Waals surface area contributed by atoms with Crippen molar-refractivity contribution in [3.8, 4) is 6.07 Å². The third-order valence-electron chi connectivity index (χ3n) is 2.93. The van der Waals surface area contributed by atoms with Crippen molar-refractivity contribution in [2.45, 2.75) is 32.6 Å². The van der Waals surface area contributed by atoms with Gasteiger partial charge >= 0.3 is 0 Å². The summed E-state index contributed by atoms with van der Waals surface area (Å²) in [5, 5.41) is 11.9. The van der Waals surface area contributed by atoms with E-state index in [4.69, 9.17) is 11.0 Å². The Labute approximate surface area is 124 Å². The molecule has 5 nitrogen and oxygen atoms in total. The quantitative estimate of drug-likeness (QED) is 0.902. The zero-order valence-electron chi connectivity index (χ0n) is 12.5.